The molecule has 2 N–H and O–H groups in total. The van der Waals surface area contributed by atoms with E-state index < -0.39 is 6.04 Å². The highest BCUT2D eigenvalue weighted by Crippen LogP contribution is 2.23. The van der Waals surface area contributed by atoms with Crippen molar-refractivity contribution in [2.45, 2.75) is 38.9 Å². The molecule has 3 rings (SSSR count). The summed E-state index contributed by atoms with van der Waals surface area (Å²) in [4.78, 5) is 28.7. The van der Waals surface area contributed by atoms with Gasteiger partial charge in [-0.15, -0.1) is 0 Å². The third kappa shape index (κ3) is 4.39. The number of carbonyl (C=O) groups excluding carboxylic acids is 2. The van der Waals surface area contributed by atoms with Crippen molar-refractivity contribution in [2.24, 2.45) is 0 Å². The lowest BCUT2D eigenvalue weighted by atomic mass is 10.0. The van der Waals surface area contributed by atoms with Crippen molar-refractivity contribution in [3.05, 3.63) is 41.8 Å². The molecule has 2 heterocycles. The van der Waals surface area contributed by atoms with Gasteiger partial charge in [-0.05, 0) is 38.1 Å². The van der Waals surface area contributed by atoms with Gasteiger partial charge >= 0.3 is 0 Å². The minimum atomic E-state index is -0.454. The van der Waals surface area contributed by atoms with Gasteiger partial charge < -0.3 is 10.2 Å². The van der Waals surface area contributed by atoms with Gasteiger partial charge in [-0.1, -0.05) is 0 Å². The largest absolute Gasteiger partial charge is 0.353 e. The van der Waals surface area contributed by atoms with Crippen molar-refractivity contribution < 1.29 is 14.0 Å². The number of nitrogens with one attached hydrogen (secondary N) is 2. The number of nitrogens with zero attached hydrogens (tertiary/aromatic N) is 3. The molecular weight excluding hydrogens is 361 g/mol. The molecule has 1 fully saturated rings. The molecule has 1 atom stereocenters. The van der Waals surface area contributed by atoms with Crippen molar-refractivity contribution in [3.63, 3.8) is 0 Å². The minimum absolute atomic E-state index is 0.1000. The summed E-state index contributed by atoms with van der Waals surface area (Å²) in [6.45, 7) is 5.74. The summed E-state index contributed by atoms with van der Waals surface area (Å²) >= 11 is 0. The Morgan fingerprint density at radius 2 is 2.07 bits per heavy atom. The van der Waals surface area contributed by atoms with Crippen molar-refractivity contribution in [3.8, 4) is 11.3 Å². The Bertz CT molecular complexity index is 833. The van der Waals surface area contributed by atoms with E-state index in [-0.39, 0.29) is 30.1 Å². The van der Waals surface area contributed by atoms with Crippen molar-refractivity contribution >= 4 is 11.8 Å². The van der Waals surface area contributed by atoms with Crippen LogP contribution < -0.4 is 5.32 Å². The Kier molecular flexibility index (Phi) is 6.08. The number of aromatic nitrogens is 2. The molecule has 28 heavy (non-hydrogen) atoms. The van der Waals surface area contributed by atoms with Crippen molar-refractivity contribution in [1.82, 2.24) is 25.3 Å². The average Bonchev–Trinajstić information content (AvgIpc) is 3.11. The second kappa shape index (κ2) is 8.52. The first-order valence-electron chi connectivity index (χ1n) is 9.42. The zero-order valence-electron chi connectivity index (χ0n) is 16.4. The molecule has 0 radical (unpaired) electrons. The van der Waals surface area contributed by atoms with E-state index in [9.17, 15) is 14.0 Å². The lowest BCUT2D eigenvalue weighted by Crippen LogP contribution is -2.58. The first kappa shape index (κ1) is 20.0. The number of aromatic amines is 1. The van der Waals surface area contributed by atoms with Gasteiger partial charge in [0.25, 0.3) is 0 Å². The molecule has 0 unspecified atom stereocenters. The third-order valence-electron chi connectivity index (χ3n) is 5.09. The molecule has 1 aliphatic rings. The molecule has 2 amide bonds. The predicted octanol–water partition coefficient (Wildman–Crippen LogP) is 1.77. The van der Waals surface area contributed by atoms with Crippen LogP contribution in [0.4, 0.5) is 4.39 Å². The molecule has 2 aromatic rings. The summed E-state index contributed by atoms with van der Waals surface area (Å²) in [7, 11) is 1.71. The molecule has 1 aromatic carbocycles. The normalized spacial score (nSPS) is 17.6. The van der Waals surface area contributed by atoms with Gasteiger partial charge in [0.15, 0.2) is 0 Å². The summed E-state index contributed by atoms with van der Waals surface area (Å²) in [6.07, 6.45) is 1.79. The molecule has 1 aromatic heterocycles. The number of rotatable bonds is 6. The number of halogens is 1. The van der Waals surface area contributed by atoms with E-state index in [1.165, 1.54) is 12.1 Å². The molecule has 0 spiro atoms. The number of H-pyrrole nitrogens is 1. The Morgan fingerprint density at radius 1 is 1.36 bits per heavy atom. The Labute approximate surface area is 163 Å². The van der Waals surface area contributed by atoms with Gasteiger partial charge in [-0.3, -0.25) is 19.6 Å². The van der Waals surface area contributed by atoms with Crippen LogP contribution in [0.1, 0.15) is 25.8 Å². The fourth-order valence-electron chi connectivity index (χ4n) is 3.52. The molecule has 7 nitrogen and oxygen atoms in total. The monoisotopic (exact) mass is 387 g/mol. The lowest BCUT2D eigenvalue weighted by Gasteiger charge is -2.38. The van der Waals surface area contributed by atoms with E-state index in [0.29, 0.717) is 13.1 Å². The number of amides is 2. The second-order valence-electron chi connectivity index (χ2n) is 7.37. The van der Waals surface area contributed by atoms with Crippen molar-refractivity contribution in [2.75, 3.05) is 20.1 Å². The van der Waals surface area contributed by atoms with E-state index in [4.69, 9.17) is 0 Å². The number of hydrogen-bond donors (Lipinski definition) is 2. The van der Waals surface area contributed by atoms with Gasteiger partial charge in [0, 0.05) is 43.9 Å². The first-order chi connectivity index (χ1) is 13.4. The Hall–Kier alpha value is -2.74. The number of piperazine rings is 1. The fraction of sp³-hybridized carbons (Fsp3) is 0.450. The topological polar surface area (TPSA) is 81.3 Å². The summed E-state index contributed by atoms with van der Waals surface area (Å²) in [5.74, 6) is -0.520. The molecule has 1 saturated heterocycles. The second-order valence-corrected chi connectivity index (χ2v) is 7.37. The SMILES string of the molecule is CC(C)N1CCNC(=O)[C@@H]1CC(=O)N(C)Cc1cn[nH]c1-c1ccc(F)cc1. The smallest absolute Gasteiger partial charge is 0.237 e. The van der Waals surface area contributed by atoms with E-state index in [1.807, 2.05) is 13.8 Å². The summed E-state index contributed by atoms with van der Waals surface area (Å²) in [5, 5.41) is 9.83. The molecule has 0 bridgehead atoms. The van der Waals surface area contributed by atoms with Crippen LogP contribution in [0, 0.1) is 5.82 Å². The predicted molar refractivity (Wildman–Crippen MR) is 104 cm³/mol. The highest BCUT2D eigenvalue weighted by Gasteiger charge is 2.33. The number of benzene rings is 1. The molecule has 0 saturated carbocycles. The number of carbonyl (C=O) groups is 2. The molecule has 8 heteroatoms. The van der Waals surface area contributed by atoms with E-state index in [2.05, 4.69) is 20.4 Å². The third-order valence-corrected chi connectivity index (χ3v) is 5.09. The van der Waals surface area contributed by atoms with Gasteiger partial charge in [0.05, 0.1) is 24.4 Å². The lowest BCUT2D eigenvalue weighted by molar-refractivity contribution is -0.139. The summed E-state index contributed by atoms with van der Waals surface area (Å²) in [5.41, 5.74) is 2.38. The summed E-state index contributed by atoms with van der Waals surface area (Å²) < 4.78 is 13.2. The van der Waals surface area contributed by atoms with Crippen LogP contribution in [-0.2, 0) is 16.1 Å². The van der Waals surface area contributed by atoms with Crippen LogP contribution in [0.5, 0.6) is 0 Å². The standard InChI is InChI=1S/C20H26FN5O2/c1-13(2)26-9-8-22-20(28)17(26)10-18(27)25(3)12-15-11-23-24-19(15)14-4-6-16(21)7-5-14/h4-7,11,13,17H,8-10,12H2,1-3H3,(H,22,28)(H,23,24)/t17-/m0/s1. The highest BCUT2D eigenvalue weighted by atomic mass is 19.1. The number of hydrogen-bond acceptors (Lipinski definition) is 4. The fourth-order valence-corrected chi connectivity index (χ4v) is 3.52. The van der Waals surface area contributed by atoms with E-state index in [1.54, 1.807) is 30.3 Å². The quantitative estimate of drug-likeness (QED) is 0.792. The van der Waals surface area contributed by atoms with Gasteiger partial charge in [0.2, 0.25) is 11.8 Å². The molecule has 150 valence electrons. The van der Waals surface area contributed by atoms with Gasteiger partial charge in [-0.25, -0.2) is 4.39 Å². The summed E-state index contributed by atoms with van der Waals surface area (Å²) in [6, 6.07) is 5.84. The molecular formula is C20H26FN5O2. The van der Waals surface area contributed by atoms with Crippen LogP contribution in [0.2, 0.25) is 0 Å². The van der Waals surface area contributed by atoms with Crippen LogP contribution in [0.3, 0.4) is 0 Å². The maximum Gasteiger partial charge on any atom is 0.237 e. The molecule has 1 aliphatic heterocycles. The minimum Gasteiger partial charge on any atom is -0.353 e. The maximum absolute atomic E-state index is 13.2. The van der Waals surface area contributed by atoms with Crippen molar-refractivity contribution in [1.29, 1.82) is 0 Å². The first-order valence-corrected chi connectivity index (χ1v) is 9.42. The van der Waals surface area contributed by atoms with Crippen LogP contribution in [0.25, 0.3) is 11.3 Å². The molecule has 0 aliphatic carbocycles. The van der Waals surface area contributed by atoms with Crippen LogP contribution in [-0.4, -0.2) is 64.0 Å². The Morgan fingerprint density at radius 3 is 2.75 bits per heavy atom. The van der Waals surface area contributed by atoms with Crippen LogP contribution in [0.15, 0.2) is 30.5 Å². The average molecular weight is 387 g/mol. The zero-order chi connectivity index (χ0) is 20.3. The van der Waals surface area contributed by atoms with E-state index in [0.717, 1.165) is 23.4 Å². The highest BCUT2D eigenvalue weighted by molar-refractivity contribution is 5.88. The zero-order valence-corrected chi connectivity index (χ0v) is 16.4. The van der Waals surface area contributed by atoms with E-state index >= 15 is 0 Å². The maximum atomic E-state index is 13.2. The van der Waals surface area contributed by atoms with Gasteiger partial charge in [0.1, 0.15) is 5.82 Å². The Balaban J connectivity index is 1.69. The van der Waals surface area contributed by atoms with Crippen LogP contribution >= 0.6 is 0 Å². The van der Waals surface area contributed by atoms with Gasteiger partial charge in [-0.2, -0.15) is 5.10 Å².